The summed E-state index contributed by atoms with van der Waals surface area (Å²) in [5.41, 5.74) is 0.569. The van der Waals surface area contributed by atoms with Gasteiger partial charge in [0.25, 0.3) is 11.6 Å². The van der Waals surface area contributed by atoms with E-state index in [-0.39, 0.29) is 17.8 Å². The molecule has 0 aliphatic carbocycles. The third kappa shape index (κ3) is 3.70. The van der Waals surface area contributed by atoms with Crippen molar-refractivity contribution in [3.05, 3.63) is 88.0 Å². The van der Waals surface area contributed by atoms with Crippen molar-refractivity contribution < 1.29 is 14.8 Å². The third-order valence-corrected chi connectivity index (χ3v) is 4.23. The van der Waals surface area contributed by atoms with E-state index in [1.165, 1.54) is 18.2 Å². The Morgan fingerprint density at radius 2 is 1.73 bits per heavy atom. The molecule has 6 heteroatoms. The molecule has 3 aromatic carbocycles. The molecule has 3 aromatic rings. The number of aliphatic hydroxyl groups is 1. The lowest BCUT2D eigenvalue weighted by atomic mass is 9.99. The molecule has 0 aliphatic heterocycles. The van der Waals surface area contributed by atoms with Crippen molar-refractivity contribution in [3.8, 4) is 0 Å². The Morgan fingerprint density at radius 3 is 2.54 bits per heavy atom. The number of rotatable bonds is 6. The van der Waals surface area contributed by atoms with E-state index in [0.29, 0.717) is 6.42 Å². The van der Waals surface area contributed by atoms with Crippen LogP contribution in [-0.4, -0.2) is 22.5 Å². The largest absolute Gasteiger partial charge is 0.388 e. The maximum Gasteiger partial charge on any atom is 0.282 e. The Balaban J connectivity index is 1.66. The average molecular weight is 350 g/mol. The van der Waals surface area contributed by atoms with Crippen molar-refractivity contribution in [2.75, 3.05) is 6.54 Å². The highest BCUT2D eigenvalue weighted by atomic mass is 16.6. The molecule has 0 heterocycles. The minimum Gasteiger partial charge on any atom is -0.388 e. The number of hydrogen-bond acceptors (Lipinski definition) is 4. The zero-order chi connectivity index (χ0) is 18.5. The van der Waals surface area contributed by atoms with E-state index in [9.17, 15) is 20.0 Å². The van der Waals surface area contributed by atoms with E-state index >= 15 is 0 Å². The summed E-state index contributed by atoms with van der Waals surface area (Å²) in [6.07, 6.45) is -0.437. The molecule has 1 amide bonds. The lowest BCUT2D eigenvalue weighted by molar-refractivity contribution is -0.385. The molecule has 0 fully saturated rings. The summed E-state index contributed by atoms with van der Waals surface area (Å²) in [4.78, 5) is 22.6. The van der Waals surface area contributed by atoms with Gasteiger partial charge in [0.15, 0.2) is 0 Å². The molecule has 3 rings (SSSR count). The first-order valence-electron chi connectivity index (χ1n) is 8.25. The van der Waals surface area contributed by atoms with Gasteiger partial charge >= 0.3 is 0 Å². The van der Waals surface area contributed by atoms with Gasteiger partial charge in [0.05, 0.1) is 11.0 Å². The van der Waals surface area contributed by atoms with Crippen LogP contribution in [0.1, 0.15) is 28.4 Å². The van der Waals surface area contributed by atoms with Crippen LogP contribution < -0.4 is 5.32 Å². The number of nitro benzene ring substituents is 1. The van der Waals surface area contributed by atoms with Crippen molar-refractivity contribution in [1.29, 1.82) is 0 Å². The summed E-state index contributed by atoms with van der Waals surface area (Å²) >= 11 is 0. The standard InChI is InChI=1S/C20H18N2O4/c23-19(16-10-5-7-14-6-1-2-8-15(14)16)12-13-21-20(24)17-9-3-4-11-18(17)22(25)26/h1-11,19,23H,12-13H2,(H,21,24). The first-order chi connectivity index (χ1) is 12.6. The fraction of sp³-hybridized carbons (Fsp3) is 0.150. The van der Waals surface area contributed by atoms with Gasteiger partial charge in [0, 0.05) is 12.6 Å². The lowest BCUT2D eigenvalue weighted by Crippen LogP contribution is -2.26. The highest BCUT2D eigenvalue weighted by molar-refractivity contribution is 5.98. The van der Waals surface area contributed by atoms with Crippen LogP contribution in [-0.2, 0) is 0 Å². The Morgan fingerprint density at radius 1 is 1.04 bits per heavy atom. The van der Waals surface area contributed by atoms with Gasteiger partial charge in [0.2, 0.25) is 0 Å². The topological polar surface area (TPSA) is 92.5 Å². The normalized spacial score (nSPS) is 11.9. The number of aliphatic hydroxyl groups excluding tert-OH is 1. The van der Waals surface area contributed by atoms with Gasteiger partial charge < -0.3 is 10.4 Å². The highest BCUT2D eigenvalue weighted by Gasteiger charge is 2.19. The number of nitro groups is 1. The van der Waals surface area contributed by atoms with Crippen LogP contribution in [0, 0.1) is 10.1 Å². The zero-order valence-electron chi connectivity index (χ0n) is 14.0. The summed E-state index contributed by atoms with van der Waals surface area (Å²) in [5, 5.41) is 26.1. The Bertz CT molecular complexity index is 950. The molecule has 0 saturated heterocycles. The van der Waals surface area contributed by atoms with Crippen molar-refractivity contribution in [1.82, 2.24) is 5.32 Å². The summed E-state index contributed by atoms with van der Waals surface area (Å²) < 4.78 is 0. The summed E-state index contributed by atoms with van der Waals surface area (Å²) in [7, 11) is 0. The predicted octanol–water partition coefficient (Wildman–Crippen LogP) is 3.60. The minimum absolute atomic E-state index is 0.0113. The van der Waals surface area contributed by atoms with E-state index in [0.717, 1.165) is 16.3 Å². The molecule has 2 N–H and O–H groups in total. The first-order valence-corrected chi connectivity index (χ1v) is 8.25. The van der Waals surface area contributed by atoms with E-state index in [1.54, 1.807) is 6.07 Å². The van der Waals surface area contributed by atoms with E-state index < -0.39 is 16.9 Å². The maximum absolute atomic E-state index is 12.2. The van der Waals surface area contributed by atoms with Gasteiger partial charge in [-0.2, -0.15) is 0 Å². The summed E-state index contributed by atoms with van der Waals surface area (Å²) in [5.74, 6) is -0.526. The van der Waals surface area contributed by atoms with Gasteiger partial charge in [-0.25, -0.2) is 0 Å². The second-order valence-electron chi connectivity index (χ2n) is 5.90. The van der Waals surface area contributed by atoms with Gasteiger partial charge in [-0.3, -0.25) is 14.9 Å². The molecule has 0 saturated carbocycles. The number of para-hydroxylation sites is 1. The fourth-order valence-corrected chi connectivity index (χ4v) is 2.94. The molecule has 26 heavy (non-hydrogen) atoms. The van der Waals surface area contributed by atoms with Crippen LogP contribution in [0.3, 0.4) is 0 Å². The summed E-state index contributed by atoms with van der Waals surface area (Å²) in [6, 6.07) is 19.3. The summed E-state index contributed by atoms with van der Waals surface area (Å²) in [6.45, 7) is 0.204. The van der Waals surface area contributed by atoms with E-state index in [1.807, 2.05) is 42.5 Å². The van der Waals surface area contributed by atoms with Crippen LogP contribution in [0.25, 0.3) is 10.8 Å². The molecular formula is C20H18N2O4. The Kier molecular flexibility index (Phi) is 5.24. The van der Waals surface area contributed by atoms with Crippen LogP contribution in [0.5, 0.6) is 0 Å². The molecule has 0 aliphatic rings. The number of hydrogen-bond donors (Lipinski definition) is 2. The monoisotopic (exact) mass is 350 g/mol. The van der Waals surface area contributed by atoms with Gasteiger partial charge in [-0.1, -0.05) is 54.6 Å². The highest BCUT2D eigenvalue weighted by Crippen LogP contribution is 2.26. The van der Waals surface area contributed by atoms with Crippen molar-refractivity contribution in [2.24, 2.45) is 0 Å². The molecule has 132 valence electrons. The van der Waals surface area contributed by atoms with Crippen molar-refractivity contribution in [2.45, 2.75) is 12.5 Å². The van der Waals surface area contributed by atoms with Crippen LogP contribution in [0.15, 0.2) is 66.7 Å². The van der Waals surface area contributed by atoms with Crippen LogP contribution in [0.4, 0.5) is 5.69 Å². The Hall–Kier alpha value is -3.25. The lowest BCUT2D eigenvalue weighted by Gasteiger charge is -2.14. The molecule has 1 atom stereocenters. The van der Waals surface area contributed by atoms with Gasteiger partial charge in [-0.05, 0) is 28.8 Å². The van der Waals surface area contributed by atoms with Crippen LogP contribution >= 0.6 is 0 Å². The molecule has 0 aromatic heterocycles. The zero-order valence-corrected chi connectivity index (χ0v) is 14.0. The number of nitrogens with zero attached hydrogens (tertiary/aromatic N) is 1. The minimum atomic E-state index is -0.743. The Labute approximate surface area is 150 Å². The second kappa shape index (κ2) is 7.76. The van der Waals surface area contributed by atoms with Crippen molar-refractivity contribution >= 4 is 22.4 Å². The number of amides is 1. The number of fused-ring (bicyclic) bond motifs is 1. The second-order valence-corrected chi connectivity index (χ2v) is 5.90. The van der Waals surface area contributed by atoms with Gasteiger partial charge in [-0.15, -0.1) is 0 Å². The number of carbonyl (C=O) groups is 1. The SMILES string of the molecule is O=C(NCCC(O)c1cccc2ccccc12)c1ccccc1[N+](=O)[O-]. The number of benzene rings is 3. The fourth-order valence-electron chi connectivity index (χ4n) is 2.94. The molecule has 6 nitrogen and oxygen atoms in total. The molecule has 0 bridgehead atoms. The first kappa shape index (κ1) is 17.6. The van der Waals surface area contributed by atoms with Gasteiger partial charge in [0.1, 0.15) is 5.56 Å². The molecule has 0 spiro atoms. The number of nitrogens with one attached hydrogen (secondary N) is 1. The van der Waals surface area contributed by atoms with E-state index in [4.69, 9.17) is 0 Å². The molecule has 1 unspecified atom stereocenters. The average Bonchev–Trinajstić information content (AvgIpc) is 2.67. The molecule has 0 radical (unpaired) electrons. The number of carbonyl (C=O) groups excluding carboxylic acids is 1. The smallest absolute Gasteiger partial charge is 0.282 e. The van der Waals surface area contributed by atoms with Crippen LogP contribution in [0.2, 0.25) is 0 Å². The predicted molar refractivity (Wildman–Crippen MR) is 99.0 cm³/mol. The molecular weight excluding hydrogens is 332 g/mol. The third-order valence-electron chi connectivity index (χ3n) is 4.23. The van der Waals surface area contributed by atoms with Crippen molar-refractivity contribution in [3.63, 3.8) is 0 Å². The maximum atomic E-state index is 12.2. The van der Waals surface area contributed by atoms with E-state index in [2.05, 4.69) is 5.32 Å². The quantitative estimate of drug-likeness (QED) is 0.525.